The molecule has 1 aliphatic heterocycles. The van der Waals surface area contributed by atoms with Gasteiger partial charge in [-0.05, 0) is 37.1 Å². The zero-order valence-electron chi connectivity index (χ0n) is 14.1. The predicted molar refractivity (Wildman–Crippen MR) is 98.2 cm³/mol. The summed E-state index contributed by atoms with van der Waals surface area (Å²) in [5.74, 6) is 0.826. The maximum atomic E-state index is 5.89. The number of anilines is 1. The molecule has 0 radical (unpaired) electrons. The van der Waals surface area contributed by atoms with E-state index in [1.54, 1.807) is 0 Å². The highest BCUT2D eigenvalue weighted by molar-refractivity contribution is 7.11. The van der Waals surface area contributed by atoms with Crippen LogP contribution in [0.25, 0.3) is 0 Å². The van der Waals surface area contributed by atoms with Gasteiger partial charge in [0, 0.05) is 42.5 Å². The second-order valence-corrected chi connectivity index (χ2v) is 7.62. The van der Waals surface area contributed by atoms with Crippen LogP contribution in [0, 0.1) is 0 Å². The fraction of sp³-hybridized carbons (Fsp3) is 0.562. The first kappa shape index (κ1) is 17.5. The smallest absolute Gasteiger partial charge is 0.227 e. The number of hydrogen-bond acceptors (Lipinski definition) is 7. The largest absolute Gasteiger partial charge is 0.368 e. The number of piperazine rings is 1. The molecule has 1 saturated heterocycles. The number of nitrogens with two attached hydrogens (primary N) is 1. The van der Waals surface area contributed by atoms with Gasteiger partial charge in [0.1, 0.15) is 0 Å². The van der Waals surface area contributed by atoms with Crippen LogP contribution >= 0.6 is 22.9 Å². The van der Waals surface area contributed by atoms with E-state index in [1.807, 2.05) is 11.3 Å². The van der Waals surface area contributed by atoms with Gasteiger partial charge >= 0.3 is 0 Å². The van der Waals surface area contributed by atoms with Gasteiger partial charge in [-0.2, -0.15) is 9.97 Å². The third kappa shape index (κ3) is 4.22. The van der Waals surface area contributed by atoms with Crippen LogP contribution in [0.2, 0.25) is 5.28 Å². The molecule has 24 heavy (non-hydrogen) atoms. The third-order valence-electron chi connectivity index (χ3n) is 4.42. The summed E-state index contributed by atoms with van der Waals surface area (Å²) in [5.41, 5.74) is 5.68. The number of hydrogen-bond donors (Lipinski definition) is 1. The van der Waals surface area contributed by atoms with E-state index >= 15 is 0 Å². The standard InChI is InChI=1S/C16H23ClN6S/c1-3-12-4-5-13(24-12)10-22-6-8-23(9-7-22)11(2)14-19-15(17)21-16(18)20-14/h4-5,11H,3,6-10H2,1-2H3,(H2,18,19,20,21). The van der Waals surface area contributed by atoms with E-state index in [0.717, 1.165) is 39.1 Å². The molecule has 130 valence electrons. The van der Waals surface area contributed by atoms with Gasteiger partial charge in [-0.3, -0.25) is 9.80 Å². The molecule has 0 amide bonds. The second kappa shape index (κ2) is 7.74. The maximum absolute atomic E-state index is 5.89. The highest BCUT2D eigenvalue weighted by Crippen LogP contribution is 2.22. The van der Waals surface area contributed by atoms with Crippen molar-refractivity contribution in [3.05, 3.63) is 33.0 Å². The summed E-state index contributed by atoms with van der Waals surface area (Å²) >= 11 is 7.82. The Morgan fingerprint density at radius 3 is 2.50 bits per heavy atom. The van der Waals surface area contributed by atoms with Crippen LogP contribution in [0.15, 0.2) is 12.1 Å². The molecule has 3 rings (SSSR count). The average Bonchev–Trinajstić information content (AvgIpc) is 3.01. The molecule has 1 aliphatic rings. The summed E-state index contributed by atoms with van der Waals surface area (Å²) < 4.78 is 0. The lowest BCUT2D eigenvalue weighted by Gasteiger charge is -2.37. The minimum Gasteiger partial charge on any atom is -0.368 e. The molecular formula is C16H23ClN6S. The molecule has 3 heterocycles. The first-order valence-corrected chi connectivity index (χ1v) is 9.45. The van der Waals surface area contributed by atoms with Crippen molar-refractivity contribution >= 4 is 28.9 Å². The summed E-state index contributed by atoms with van der Waals surface area (Å²) in [6.45, 7) is 9.38. The third-order valence-corrected chi connectivity index (χ3v) is 5.80. The SMILES string of the molecule is CCc1ccc(CN2CCN(C(C)c3nc(N)nc(Cl)n3)CC2)s1. The summed E-state index contributed by atoms with van der Waals surface area (Å²) in [5, 5.41) is 0.160. The summed E-state index contributed by atoms with van der Waals surface area (Å²) in [6.07, 6.45) is 1.12. The van der Waals surface area contributed by atoms with Crippen LogP contribution in [0.4, 0.5) is 5.95 Å². The van der Waals surface area contributed by atoms with E-state index in [2.05, 4.69) is 50.7 Å². The van der Waals surface area contributed by atoms with Crippen molar-refractivity contribution < 1.29 is 0 Å². The van der Waals surface area contributed by atoms with Crippen molar-refractivity contribution in [2.24, 2.45) is 0 Å². The maximum Gasteiger partial charge on any atom is 0.227 e. The number of aromatic nitrogens is 3. The van der Waals surface area contributed by atoms with E-state index in [4.69, 9.17) is 17.3 Å². The molecule has 1 fully saturated rings. The number of rotatable bonds is 5. The molecule has 0 bridgehead atoms. The number of nitrogen functional groups attached to an aromatic ring is 1. The average molecular weight is 367 g/mol. The quantitative estimate of drug-likeness (QED) is 0.877. The van der Waals surface area contributed by atoms with Crippen molar-refractivity contribution in [2.75, 3.05) is 31.9 Å². The fourth-order valence-corrected chi connectivity index (χ4v) is 4.13. The Balaban J connectivity index is 1.56. The fourth-order valence-electron chi connectivity index (χ4n) is 2.96. The number of aryl methyl sites for hydroxylation is 1. The lowest BCUT2D eigenvalue weighted by Crippen LogP contribution is -2.46. The van der Waals surface area contributed by atoms with E-state index in [-0.39, 0.29) is 17.3 Å². The number of thiophene rings is 1. The summed E-state index contributed by atoms with van der Waals surface area (Å²) in [6, 6.07) is 4.59. The van der Waals surface area contributed by atoms with Gasteiger partial charge in [0.25, 0.3) is 0 Å². The van der Waals surface area contributed by atoms with E-state index in [1.165, 1.54) is 9.75 Å². The molecular weight excluding hydrogens is 344 g/mol. The van der Waals surface area contributed by atoms with Crippen molar-refractivity contribution in [2.45, 2.75) is 32.9 Å². The van der Waals surface area contributed by atoms with Crippen molar-refractivity contribution in [1.82, 2.24) is 24.8 Å². The summed E-state index contributed by atoms with van der Waals surface area (Å²) in [4.78, 5) is 20.0. The molecule has 2 aromatic rings. The first-order valence-electron chi connectivity index (χ1n) is 8.26. The molecule has 2 aromatic heterocycles. The first-order chi connectivity index (χ1) is 11.5. The molecule has 8 heteroatoms. The lowest BCUT2D eigenvalue weighted by molar-refractivity contribution is 0.0953. The van der Waals surface area contributed by atoms with Gasteiger partial charge in [-0.25, -0.2) is 4.98 Å². The van der Waals surface area contributed by atoms with Crippen molar-refractivity contribution in [3.8, 4) is 0 Å². The monoisotopic (exact) mass is 366 g/mol. The van der Waals surface area contributed by atoms with E-state index in [0.29, 0.717) is 5.82 Å². The van der Waals surface area contributed by atoms with Gasteiger partial charge in [0.2, 0.25) is 11.2 Å². The number of halogens is 1. The second-order valence-electron chi connectivity index (χ2n) is 6.03. The van der Waals surface area contributed by atoms with Crippen LogP contribution in [-0.4, -0.2) is 50.9 Å². The van der Waals surface area contributed by atoms with Gasteiger partial charge in [-0.1, -0.05) is 6.92 Å². The van der Waals surface area contributed by atoms with E-state index < -0.39 is 0 Å². The molecule has 2 N–H and O–H groups in total. The number of nitrogens with zero attached hydrogens (tertiary/aromatic N) is 5. The Morgan fingerprint density at radius 2 is 1.88 bits per heavy atom. The normalized spacial score (nSPS) is 18.0. The Labute approximate surface area is 151 Å². The minimum absolute atomic E-state index is 0.0865. The lowest BCUT2D eigenvalue weighted by atomic mass is 10.2. The molecule has 0 saturated carbocycles. The van der Waals surface area contributed by atoms with Crippen LogP contribution in [-0.2, 0) is 13.0 Å². The topological polar surface area (TPSA) is 71.2 Å². The molecule has 1 unspecified atom stereocenters. The molecule has 1 atom stereocenters. The molecule has 6 nitrogen and oxygen atoms in total. The highest BCUT2D eigenvalue weighted by Gasteiger charge is 2.24. The Bertz CT molecular complexity index is 663. The van der Waals surface area contributed by atoms with Gasteiger partial charge < -0.3 is 5.73 Å². The van der Waals surface area contributed by atoms with Crippen molar-refractivity contribution in [3.63, 3.8) is 0 Å². The van der Waals surface area contributed by atoms with Crippen LogP contribution in [0.1, 0.15) is 35.5 Å². The summed E-state index contributed by atoms with van der Waals surface area (Å²) in [7, 11) is 0. The highest BCUT2D eigenvalue weighted by atomic mass is 35.5. The van der Waals surface area contributed by atoms with Crippen LogP contribution in [0.5, 0.6) is 0 Å². The van der Waals surface area contributed by atoms with E-state index in [9.17, 15) is 0 Å². The predicted octanol–water partition coefficient (Wildman–Crippen LogP) is 2.61. The molecule has 0 spiro atoms. The van der Waals surface area contributed by atoms with Crippen LogP contribution < -0.4 is 5.73 Å². The zero-order valence-corrected chi connectivity index (χ0v) is 15.6. The van der Waals surface area contributed by atoms with Crippen molar-refractivity contribution in [1.29, 1.82) is 0 Å². The molecule has 0 aromatic carbocycles. The van der Waals surface area contributed by atoms with Gasteiger partial charge in [0.05, 0.1) is 6.04 Å². The van der Waals surface area contributed by atoms with Gasteiger partial charge in [-0.15, -0.1) is 11.3 Å². The van der Waals surface area contributed by atoms with Gasteiger partial charge in [0.15, 0.2) is 5.82 Å². The Kier molecular flexibility index (Phi) is 5.65. The molecule has 0 aliphatic carbocycles. The Hall–Kier alpha value is -1.28. The van der Waals surface area contributed by atoms with Crippen LogP contribution in [0.3, 0.4) is 0 Å². The minimum atomic E-state index is 0.0865. The Morgan fingerprint density at radius 1 is 1.17 bits per heavy atom. The zero-order chi connectivity index (χ0) is 17.1.